The SMILES string of the molecule is COC(=O)C[C@@H]1c2cc(OC)c(OC)cc2CCN1S(=O)(=O)c1cc(Br)cc2c1N(C(C)=O)CC2. The molecule has 188 valence electrons. The van der Waals surface area contributed by atoms with Crippen LogP contribution in [-0.2, 0) is 37.2 Å². The molecule has 2 heterocycles. The smallest absolute Gasteiger partial charge is 0.307 e. The van der Waals surface area contributed by atoms with Crippen molar-refractivity contribution in [3.63, 3.8) is 0 Å². The Balaban J connectivity index is 1.88. The van der Waals surface area contributed by atoms with E-state index in [1.54, 1.807) is 6.07 Å². The van der Waals surface area contributed by atoms with Crippen LogP contribution < -0.4 is 14.4 Å². The number of esters is 1. The summed E-state index contributed by atoms with van der Waals surface area (Å²) in [5.41, 5.74) is 2.70. The van der Waals surface area contributed by atoms with Gasteiger partial charge in [0.05, 0.1) is 39.5 Å². The Morgan fingerprint density at radius 2 is 1.66 bits per heavy atom. The molecule has 0 radical (unpaired) electrons. The molecular weight excluding hydrogens is 540 g/mol. The maximum absolute atomic E-state index is 14.2. The molecule has 11 heteroatoms. The third-order valence-electron chi connectivity index (χ3n) is 6.50. The van der Waals surface area contributed by atoms with Gasteiger partial charge in [-0.15, -0.1) is 0 Å². The number of carbonyl (C=O) groups excluding carboxylic acids is 2. The van der Waals surface area contributed by atoms with Crippen LogP contribution in [0.4, 0.5) is 5.69 Å². The third-order valence-corrected chi connectivity index (χ3v) is 8.88. The van der Waals surface area contributed by atoms with Crippen LogP contribution in [0.25, 0.3) is 0 Å². The Labute approximate surface area is 213 Å². The summed E-state index contributed by atoms with van der Waals surface area (Å²) in [4.78, 5) is 26.2. The molecule has 2 aliphatic rings. The van der Waals surface area contributed by atoms with Gasteiger partial charge < -0.3 is 19.1 Å². The van der Waals surface area contributed by atoms with Crippen molar-refractivity contribution in [2.45, 2.75) is 37.1 Å². The Hall–Kier alpha value is -2.63. The highest BCUT2D eigenvalue weighted by Gasteiger charge is 2.41. The van der Waals surface area contributed by atoms with E-state index in [9.17, 15) is 18.0 Å². The number of rotatable bonds is 6. The number of hydrogen-bond acceptors (Lipinski definition) is 7. The molecule has 1 amide bonds. The number of amides is 1. The first-order valence-electron chi connectivity index (χ1n) is 11.1. The van der Waals surface area contributed by atoms with Crippen molar-refractivity contribution in [3.8, 4) is 11.5 Å². The highest BCUT2D eigenvalue weighted by Crippen LogP contribution is 2.45. The number of anilines is 1. The molecule has 9 nitrogen and oxygen atoms in total. The van der Waals surface area contributed by atoms with Gasteiger partial charge in [-0.25, -0.2) is 8.42 Å². The van der Waals surface area contributed by atoms with E-state index < -0.39 is 22.0 Å². The van der Waals surface area contributed by atoms with Gasteiger partial charge in [-0.1, -0.05) is 15.9 Å². The summed E-state index contributed by atoms with van der Waals surface area (Å²) in [5.74, 6) is 0.199. The predicted octanol–water partition coefficient (Wildman–Crippen LogP) is 3.23. The minimum atomic E-state index is -4.13. The van der Waals surface area contributed by atoms with E-state index in [0.717, 1.165) is 11.1 Å². The lowest BCUT2D eigenvalue weighted by atomic mass is 9.91. The van der Waals surface area contributed by atoms with Crippen molar-refractivity contribution >= 4 is 43.5 Å². The first-order valence-corrected chi connectivity index (χ1v) is 13.3. The van der Waals surface area contributed by atoms with Crippen molar-refractivity contribution in [1.29, 1.82) is 0 Å². The number of hydrogen-bond donors (Lipinski definition) is 0. The molecular formula is C24H27BrN2O7S. The van der Waals surface area contributed by atoms with Gasteiger partial charge >= 0.3 is 5.97 Å². The maximum atomic E-state index is 14.2. The molecule has 0 aliphatic carbocycles. The molecule has 0 saturated heterocycles. The highest BCUT2D eigenvalue weighted by molar-refractivity contribution is 9.10. The zero-order chi connectivity index (χ0) is 25.5. The number of methoxy groups -OCH3 is 3. The molecule has 0 aromatic heterocycles. The zero-order valence-electron chi connectivity index (χ0n) is 20.0. The zero-order valence-corrected chi connectivity index (χ0v) is 22.4. The monoisotopic (exact) mass is 566 g/mol. The number of ether oxygens (including phenoxy) is 3. The second-order valence-corrected chi connectivity index (χ2v) is 11.2. The number of benzene rings is 2. The Kier molecular flexibility index (Phi) is 7.12. The quantitative estimate of drug-likeness (QED) is 0.494. The van der Waals surface area contributed by atoms with Crippen molar-refractivity contribution < 1.29 is 32.2 Å². The molecule has 0 spiro atoms. The molecule has 0 N–H and O–H groups in total. The molecule has 0 fully saturated rings. The van der Waals surface area contributed by atoms with E-state index in [0.29, 0.717) is 46.6 Å². The van der Waals surface area contributed by atoms with E-state index in [4.69, 9.17) is 14.2 Å². The van der Waals surface area contributed by atoms with Crippen molar-refractivity contribution in [2.75, 3.05) is 39.3 Å². The summed E-state index contributed by atoms with van der Waals surface area (Å²) >= 11 is 3.43. The summed E-state index contributed by atoms with van der Waals surface area (Å²) in [6.45, 7) is 1.98. The first-order chi connectivity index (χ1) is 16.6. The minimum Gasteiger partial charge on any atom is -0.493 e. The van der Waals surface area contributed by atoms with Crippen molar-refractivity contribution in [3.05, 3.63) is 45.4 Å². The third kappa shape index (κ3) is 4.52. The molecule has 0 unspecified atom stereocenters. The van der Waals surface area contributed by atoms with Gasteiger partial charge in [0.15, 0.2) is 11.5 Å². The topological polar surface area (TPSA) is 102 Å². The van der Waals surface area contributed by atoms with Gasteiger partial charge in [0.1, 0.15) is 4.90 Å². The number of fused-ring (bicyclic) bond motifs is 2. The van der Waals surface area contributed by atoms with Gasteiger partial charge in [-0.3, -0.25) is 9.59 Å². The van der Waals surface area contributed by atoms with Gasteiger partial charge in [-0.05, 0) is 53.8 Å². The Morgan fingerprint density at radius 3 is 2.29 bits per heavy atom. The van der Waals surface area contributed by atoms with E-state index >= 15 is 0 Å². The fraction of sp³-hybridized carbons (Fsp3) is 0.417. The molecule has 2 aromatic rings. The first kappa shape index (κ1) is 25.5. The Bertz CT molecular complexity index is 1300. The van der Waals surface area contributed by atoms with E-state index in [1.165, 1.54) is 43.5 Å². The number of nitrogens with zero attached hydrogens (tertiary/aromatic N) is 2. The second kappa shape index (κ2) is 9.79. The van der Waals surface area contributed by atoms with Gasteiger partial charge in [0.25, 0.3) is 0 Å². The summed E-state index contributed by atoms with van der Waals surface area (Å²) in [7, 11) is 0.172. The van der Waals surface area contributed by atoms with Crippen molar-refractivity contribution in [2.24, 2.45) is 0 Å². The standard InChI is InChI=1S/C24H27BrN2O7S/c1-14(28)26-7-5-16-9-17(25)11-22(24(16)26)35(30,31)27-8-6-15-10-20(32-2)21(33-3)12-18(15)19(27)13-23(29)34-4/h9-12,19H,5-8,13H2,1-4H3/t19-/m1/s1. The van der Waals surface area contributed by atoms with Crippen LogP contribution in [0.1, 0.15) is 36.1 Å². The normalized spacial score (nSPS) is 17.5. The summed E-state index contributed by atoms with van der Waals surface area (Å²) < 4.78 is 46.1. The van der Waals surface area contributed by atoms with Crippen LogP contribution in [0.2, 0.25) is 0 Å². The summed E-state index contributed by atoms with van der Waals surface area (Å²) in [6, 6.07) is 6.08. The van der Waals surface area contributed by atoms with Crippen LogP contribution >= 0.6 is 15.9 Å². The number of halogens is 1. The predicted molar refractivity (Wildman–Crippen MR) is 132 cm³/mol. The van der Waals surface area contributed by atoms with Crippen molar-refractivity contribution in [1.82, 2.24) is 4.31 Å². The van der Waals surface area contributed by atoms with Crippen LogP contribution in [0.3, 0.4) is 0 Å². The fourth-order valence-corrected chi connectivity index (χ4v) is 7.38. The Morgan fingerprint density at radius 1 is 1.00 bits per heavy atom. The average Bonchev–Trinajstić information content (AvgIpc) is 3.26. The number of sulfonamides is 1. The van der Waals surface area contributed by atoms with Crippen LogP contribution in [0.15, 0.2) is 33.6 Å². The lowest BCUT2D eigenvalue weighted by Crippen LogP contribution is -2.41. The fourth-order valence-electron chi connectivity index (χ4n) is 4.85. The molecule has 35 heavy (non-hydrogen) atoms. The molecule has 0 saturated carbocycles. The van der Waals surface area contributed by atoms with Gasteiger partial charge in [-0.2, -0.15) is 4.31 Å². The van der Waals surface area contributed by atoms with Crippen LogP contribution in [0.5, 0.6) is 11.5 Å². The van der Waals surface area contributed by atoms with Gasteiger partial charge in [0.2, 0.25) is 15.9 Å². The van der Waals surface area contributed by atoms with Gasteiger partial charge in [0, 0.05) is 24.5 Å². The lowest BCUT2D eigenvalue weighted by molar-refractivity contribution is -0.141. The van der Waals surface area contributed by atoms with E-state index in [1.807, 2.05) is 12.1 Å². The van der Waals surface area contributed by atoms with Crippen LogP contribution in [0, 0.1) is 0 Å². The average molecular weight is 567 g/mol. The molecule has 0 bridgehead atoms. The maximum Gasteiger partial charge on any atom is 0.307 e. The molecule has 2 aromatic carbocycles. The highest BCUT2D eigenvalue weighted by atomic mass is 79.9. The lowest BCUT2D eigenvalue weighted by Gasteiger charge is -2.37. The number of carbonyl (C=O) groups is 2. The largest absolute Gasteiger partial charge is 0.493 e. The van der Waals surface area contributed by atoms with E-state index in [2.05, 4.69) is 15.9 Å². The minimum absolute atomic E-state index is 0.0355. The molecule has 2 aliphatic heterocycles. The van der Waals surface area contributed by atoms with E-state index in [-0.39, 0.29) is 23.8 Å². The molecule has 4 rings (SSSR count). The molecule has 1 atom stereocenters. The summed E-state index contributed by atoms with van der Waals surface area (Å²) in [5, 5.41) is 0. The summed E-state index contributed by atoms with van der Waals surface area (Å²) in [6.07, 6.45) is 0.798. The second-order valence-electron chi connectivity index (χ2n) is 8.40. The van der Waals surface area contributed by atoms with Crippen LogP contribution in [-0.4, -0.2) is 59.0 Å².